The van der Waals surface area contributed by atoms with Crippen molar-refractivity contribution in [1.29, 1.82) is 0 Å². The molecule has 13 heteroatoms. The molecule has 0 saturated carbocycles. The summed E-state index contributed by atoms with van der Waals surface area (Å²) in [6.45, 7) is 1.37. The van der Waals surface area contributed by atoms with Gasteiger partial charge >= 0.3 is 0 Å². The van der Waals surface area contributed by atoms with Crippen molar-refractivity contribution in [2.45, 2.75) is 32.4 Å². The Morgan fingerprint density at radius 3 is 2.09 bits per heavy atom. The maximum atomic E-state index is 12.9. The number of benzene rings is 2. The molecule has 44 heavy (non-hydrogen) atoms. The van der Waals surface area contributed by atoms with Crippen LogP contribution >= 0.6 is 27.3 Å². The van der Waals surface area contributed by atoms with Gasteiger partial charge in [0.15, 0.2) is 0 Å². The molecule has 1 atom stereocenters. The summed E-state index contributed by atoms with van der Waals surface area (Å²) in [5, 5.41) is 14.7. The second-order valence-corrected chi connectivity index (χ2v) is 11.4. The molecule has 5 N–H and O–H groups in total. The van der Waals surface area contributed by atoms with Crippen LogP contribution in [0, 0.1) is 6.92 Å². The van der Waals surface area contributed by atoms with Gasteiger partial charge in [-0.3, -0.25) is 24.0 Å². The van der Waals surface area contributed by atoms with Gasteiger partial charge < -0.3 is 31.3 Å². The standard InChI is InChI=1S/C31H36BrN5O6S/c1-21-11-25(44-19-21)12-23-7-9-24(10-8-23)18-43-20-36-29(40)16-35-31(42)26(13-22-5-3-2-4-6-22)37-30(41)17-34-28(39)15-33-27(38)14-32/h2-11,19,26H,12-18,20H2,1H3,(H,33,38)(H,34,39)(H,35,42)(H,36,40)(H,37,41)/t26-/m0/s1. The minimum Gasteiger partial charge on any atom is -0.357 e. The van der Waals surface area contributed by atoms with Crippen LogP contribution < -0.4 is 26.6 Å². The monoisotopic (exact) mass is 685 g/mol. The number of nitrogens with one attached hydrogen (secondary N) is 5. The number of carbonyl (C=O) groups is 5. The quantitative estimate of drug-likeness (QED) is 0.0828. The summed E-state index contributed by atoms with van der Waals surface area (Å²) in [5.74, 6) is -2.55. The van der Waals surface area contributed by atoms with Gasteiger partial charge in [-0.1, -0.05) is 70.5 Å². The summed E-state index contributed by atoms with van der Waals surface area (Å²) in [7, 11) is 0. The average molecular weight is 687 g/mol. The summed E-state index contributed by atoms with van der Waals surface area (Å²) in [6.07, 6.45) is 1.05. The van der Waals surface area contributed by atoms with Gasteiger partial charge in [-0.25, -0.2) is 0 Å². The fourth-order valence-corrected chi connectivity index (χ4v) is 5.07. The van der Waals surface area contributed by atoms with Crippen LogP contribution in [0.4, 0.5) is 0 Å². The number of alkyl halides is 1. The molecule has 0 aliphatic carbocycles. The number of carbonyl (C=O) groups excluding carboxylic acids is 5. The van der Waals surface area contributed by atoms with Gasteiger partial charge in [-0.15, -0.1) is 11.3 Å². The predicted octanol–water partition coefficient (Wildman–Crippen LogP) is 1.71. The number of rotatable bonds is 17. The van der Waals surface area contributed by atoms with E-state index in [0.29, 0.717) is 6.61 Å². The first-order valence-corrected chi connectivity index (χ1v) is 15.9. The molecular formula is C31H36BrN5O6S. The van der Waals surface area contributed by atoms with Crippen molar-refractivity contribution in [2.24, 2.45) is 0 Å². The Labute approximate surface area is 268 Å². The number of hydrogen-bond donors (Lipinski definition) is 5. The zero-order valence-corrected chi connectivity index (χ0v) is 26.7. The van der Waals surface area contributed by atoms with E-state index in [2.05, 4.69) is 73.0 Å². The number of thiophene rings is 1. The Morgan fingerprint density at radius 2 is 1.41 bits per heavy atom. The van der Waals surface area contributed by atoms with Gasteiger partial charge in [0.05, 0.1) is 31.6 Å². The molecule has 0 aliphatic rings. The molecule has 0 aliphatic heterocycles. The molecular weight excluding hydrogens is 650 g/mol. The maximum Gasteiger partial charge on any atom is 0.243 e. The lowest BCUT2D eigenvalue weighted by molar-refractivity contribution is -0.131. The number of hydrogen-bond acceptors (Lipinski definition) is 7. The molecule has 0 radical (unpaired) electrons. The fourth-order valence-electron chi connectivity index (χ4n) is 3.96. The highest BCUT2D eigenvalue weighted by Crippen LogP contribution is 2.18. The summed E-state index contributed by atoms with van der Waals surface area (Å²) in [6, 6.07) is 18.4. The van der Waals surface area contributed by atoms with E-state index in [9.17, 15) is 24.0 Å². The van der Waals surface area contributed by atoms with Gasteiger partial charge in [0.1, 0.15) is 12.8 Å². The van der Waals surface area contributed by atoms with Gasteiger partial charge in [-0.05, 0) is 40.6 Å². The number of halogens is 1. The van der Waals surface area contributed by atoms with Crippen LogP contribution in [0.1, 0.15) is 27.1 Å². The van der Waals surface area contributed by atoms with Crippen LogP contribution in [0.25, 0.3) is 0 Å². The highest BCUT2D eigenvalue weighted by molar-refractivity contribution is 9.09. The number of ether oxygens (including phenoxy) is 1. The molecule has 3 aromatic rings. The van der Waals surface area contributed by atoms with Crippen LogP contribution in [0.2, 0.25) is 0 Å². The third-order valence-corrected chi connectivity index (χ3v) is 7.76. The Hall–Kier alpha value is -4.07. The largest absolute Gasteiger partial charge is 0.357 e. The SMILES string of the molecule is Cc1csc(Cc2ccc(COCNC(=O)CNC(=O)[C@H](Cc3ccccc3)NC(=O)CNC(=O)CNC(=O)CBr)cc2)c1. The highest BCUT2D eigenvalue weighted by Gasteiger charge is 2.22. The van der Waals surface area contributed by atoms with Crippen molar-refractivity contribution in [3.63, 3.8) is 0 Å². The van der Waals surface area contributed by atoms with Crippen molar-refractivity contribution >= 4 is 56.8 Å². The Bertz CT molecular complexity index is 1400. The van der Waals surface area contributed by atoms with Crippen molar-refractivity contribution in [1.82, 2.24) is 26.6 Å². The molecule has 2 aromatic carbocycles. The fraction of sp³-hybridized carbons (Fsp3) is 0.323. The van der Waals surface area contributed by atoms with Crippen molar-refractivity contribution < 1.29 is 28.7 Å². The first kappa shape index (κ1) is 34.4. The molecule has 234 valence electrons. The topological polar surface area (TPSA) is 155 Å². The summed E-state index contributed by atoms with van der Waals surface area (Å²) < 4.78 is 5.56. The van der Waals surface area contributed by atoms with Crippen LogP contribution in [0.3, 0.4) is 0 Å². The third-order valence-electron chi connectivity index (χ3n) is 6.20. The summed E-state index contributed by atoms with van der Waals surface area (Å²) in [4.78, 5) is 62.1. The molecule has 5 amide bonds. The lowest BCUT2D eigenvalue weighted by atomic mass is 10.1. The number of aryl methyl sites for hydroxylation is 1. The van der Waals surface area contributed by atoms with Crippen molar-refractivity contribution in [2.75, 3.05) is 31.7 Å². The maximum absolute atomic E-state index is 12.9. The molecule has 0 saturated heterocycles. The predicted molar refractivity (Wildman–Crippen MR) is 171 cm³/mol. The Morgan fingerprint density at radius 1 is 0.773 bits per heavy atom. The van der Waals surface area contributed by atoms with E-state index < -0.39 is 36.2 Å². The zero-order valence-electron chi connectivity index (χ0n) is 24.3. The Balaban J connectivity index is 1.39. The average Bonchev–Trinajstić information content (AvgIpc) is 3.44. The molecule has 0 spiro atoms. The van der Waals surface area contributed by atoms with E-state index >= 15 is 0 Å². The molecule has 0 unspecified atom stereocenters. The third kappa shape index (κ3) is 13.1. The minimum atomic E-state index is -0.995. The van der Waals surface area contributed by atoms with E-state index in [1.165, 1.54) is 16.0 Å². The van der Waals surface area contributed by atoms with Gasteiger partial charge in [-0.2, -0.15) is 0 Å². The smallest absolute Gasteiger partial charge is 0.243 e. The van der Waals surface area contributed by atoms with E-state index in [1.54, 1.807) is 23.5 Å². The van der Waals surface area contributed by atoms with E-state index in [1.807, 2.05) is 30.3 Å². The van der Waals surface area contributed by atoms with Crippen LogP contribution in [0.5, 0.6) is 0 Å². The van der Waals surface area contributed by atoms with Crippen molar-refractivity contribution in [3.8, 4) is 0 Å². The first-order chi connectivity index (χ1) is 21.2. The summed E-state index contributed by atoms with van der Waals surface area (Å²) >= 11 is 4.72. The molecule has 0 bridgehead atoms. The molecule has 0 fully saturated rings. The normalized spacial score (nSPS) is 11.2. The lowest BCUT2D eigenvalue weighted by Gasteiger charge is -2.19. The first-order valence-electron chi connectivity index (χ1n) is 13.9. The number of amides is 5. The van der Waals surface area contributed by atoms with Crippen LogP contribution in [-0.4, -0.2) is 67.3 Å². The summed E-state index contributed by atoms with van der Waals surface area (Å²) in [5.41, 5.74) is 4.24. The molecule has 3 rings (SSSR count). The van der Waals surface area contributed by atoms with Gasteiger partial charge in [0.25, 0.3) is 0 Å². The molecule has 1 aromatic heterocycles. The van der Waals surface area contributed by atoms with E-state index in [-0.39, 0.29) is 37.5 Å². The van der Waals surface area contributed by atoms with Crippen LogP contribution in [-0.2, 0) is 48.2 Å². The van der Waals surface area contributed by atoms with Gasteiger partial charge in [0, 0.05) is 17.7 Å². The van der Waals surface area contributed by atoms with E-state index in [0.717, 1.165) is 17.5 Å². The minimum absolute atomic E-state index is 0.0368. The zero-order chi connectivity index (χ0) is 31.7. The Kier molecular flexibility index (Phi) is 14.5. The molecule has 11 nitrogen and oxygen atoms in total. The van der Waals surface area contributed by atoms with Crippen LogP contribution in [0.15, 0.2) is 66.0 Å². The second kappa shape index (κ2) is 18.6. The van der Waals surface area contributed by atoms with E-state index in [4.69, 9.17) is 4.74 Å². The van der Waals surface area contributed by atoms with Crippen molar-refractivity contribution in [3.05, 3.63) is 93.2 Å². The highest BCUT2D eigenvalue weighted by atomic mass is 79.9. The lowest BCUT2D eigenvalue weighted by Crippen LogP contribution is -2.52. The van der Waals surface area contributed by atoms with Gasteiger partial charge in [0.2, 0.25) is 29.5 Å². The second-order valence-electron chi connectivity index (χ2n) is 9.89. The molecule has 1 heterocycles.